The summed E-state index contributed by atoms with van der Waals surface area (Å²) in [6, 6.07) is 9.83. The molecule has 0 fully saturated rings. The SMILES string of the molecule is CC(Sc1ncnc2c1cnn2C)c1nnnn1-c1ccccc1. The van der Waals surface area contributed by atoms with E-state index in [9.17, 15) is 0 Å². The molecule has 0 aliphatic heterocycles. The van der Waals surface area contributed by atoms with Gasteiger partial charge >= 0.3 is 0 Å². The van der Waals surface area contributed by atoms with Crippen LogP contribution in [0.25, 0.3) is 16.7 Å². The molecule has 1 unspecified atom stereocenters. The average molecular weight is 338 g/mol. The van der Waals surface area contributed by atoms with E-state index in [2.05, 4.69) is 37.5 Å². The predicted octanol–water partition coefficient (Wildman–Crippen LogP) is 2.19. The molecular formula is C15H14N8S. The van der Waals surface area contributed by atoms with Crippen molar-refractivity contribution in [3.05, 3.63) is 48.7 Å². The van der Waals surface area contributed by atoms with E-state index in [-0.39, 0.29) is 5.25 Å². The Morgan fingerprint density at radius 1 is 1.12 bits per heavy atom. The van der Waals surface area contributed by atoms with Crippen LogP contribution in [0, 0.1) is 0 Å². The number of nitrogens with zero attached hydrogens (tertiary/aromatic N) is 8. The Hall–Kier alpha value is -2.81. The zero-order valence-corrected chi connectivity index (χ0v) is 13.9. The summed E-state index contributed by atoms with van der Waals surface area (Å²) in [7, 11) is 1.86. The van der Waals surface area contributed by atoms with E-state index < -0.39 is 0 Å². The van der Waals surface area contributed by atoms with E-state index in [1.807, 2.05) is 37.4 Å². The quantitative estimate of drug-likeness (QED) is 0.416. The van der Waals surface area contributed by atoms with Gasteiger partial charge in [-0.15, -0.1) is 5.10 Å². The van der Waals surface area contributed by atoms with Crippen LogP contribution in [0.4, 0.5) is 0 Å². The molecule has 120 valence electrons. The first kappa shape index (κ1) is 14.8. The van der Waals surface area contributed by atoms with Gasteiger partial charge < -0.3 is 0 Å². The van der Waals surface area contributed by atoms with Crippen LogP contribution in [0.5, 0.6) is 0 Å². The van der Waals surface area contributed by atoms with Gasteiger partial charge in [0.15, 0.2) is 11.5 Å². The summed E-state index contributed by atoms with van der Waals surface area (Å²) in [4.78, 5) is 8.66. The van der Waals surface area contributed by atoms with E-state index in [1.54, 1.807) is 33.6 Å². The summed E-state index contributed by atoms with van der Waals surface area (Å²) in [6.45, 7) is 2.06. The smallest absolute Gasteiger partial charge is 0.169 e. The van der Waals surface area contributed by atoms with Crippen molar-refractivity contribution in [1.29, 1.82) is 0 Å². The molecular weight excluding hydrogens is 324 g/mol. The van der Waals surface area contributed by atoms with E-state index in [1.165, 1.54) is 0 Å². The van der Waals surface area contributed by atoms with Gasteiger partial charge in [0.2, 0.25) is 0 Å². The second-order valence-corrected chi connectivity index (χ2v) is 6.56. The van der Waals surface area contributed by atoms with Gasteiger partial charge in [-0.1, -0.05) is 30.0 Å². The fraction of sp³-hybridized carbons (Fsp3) is 0.200. The molecule has 0 saturated heterocycles. The van der Waals surface area contributed by atoms with E-state index in [0.29, 0.717) is 0 Å². The fourth-order valence-electron chi connectivity index (χ4n) is 2.46. The first-order valence-electron chi connectivity index (χ1n) is 7.37. The molecule has 0 aliphatic rings. The number of para-hydroxylation sites is 1. The minimum atomic E-state index is 0.0125. The Morgan fingerprint density at radius 2 is 1.96 bits per heavy atom. The van der Waals surface area contributed by atoms with Crippen LogP contribution in [-0.4, -0.2) is 40.0 Å². The molecule has 0 aliphatic carbocycles. The molecule has 0 spiro atoms. The van der Waals surface area contributed by atoms with Crippen molar-refractivity contribution in [3.8, 4) is 5.69 Å². The van der Waals surface area contributed by atoms with E-state index in [0.717, 1.165) is 27.6 Å². The molecule has 0 amide bonds. The topological polar surface area (TPSA) is 87.2 Å². The molecule has 0 radical (unpaired) electrons. The van der Waals surface area contributed by atoms with Gasteiger partial charge in [-0.25, -0.2) is 9.97 Å². The monoisotopic (exact) mass is 338 g/mol. The summed E-state index contributed by atoms with van der Waals surface area (Å²) >= 11 is 1.59. The van der Waals surface area contributed by atoms with Crippen LogP contribution in [0.2, 0.25) is 0 Å². The van der Waals surface area contributed by atoms with Crippen molar-refractivity contribution in [2.24, 2.45) is 7.05 Å². The van der Waals surface area contributed by atoms with Gasteiger partial charge in [0, 0.05) is 7.05 Å². The maximum atomic E-state index is 4.39. The normalized spacial score (nSPS) is 12.6. The number of hydrogen-bond acceptors (Lipinski definition) is 7. The van der Waals surface area contributed by atoms with Crippen LogP contribution in [-0.2, 0) is 7.05 Å². The van der Waals surface area contributed by atoms with Crippen LogP contribution in [0.15, 0.2) is 47.9 Å². The standard InChI is InChI=1S/C15H14N8S/c1-10(13-19-20-21-23(13)11-6-4-3-5-7-11)24-15-12-8-18-22(2)14(12)16-9-17-15/h3-10H,1-2H3. The molecule has 8 nitrogen and oxygen atoms in total. The minimum Gasteiger partial charge on any atom is -0.250 e. The molecule has 24 heavy (non-hydrogen) atoms. The largest absolute Gasteiger partial charge is 0.250 e. The third-order valence-electron chi connectivity index (χ3n) is 3.64. The Labute approximate surface area is 141 Å². The van der Waals surface area contributed by atoms with Gasteiger partial charge in [0.05, 0.1) is 22.5 Å². The lowest BCUT2D eigenvalue weighted by molar-refractivity contribution is 0.762. The molecule has 3 aromatic heterocycles. The van der Waals surface area contributed by atoms with Crippen molar-refractivity contribution in [2.75, 3.05) is 0 Å². The maximum Gasteiger partial charge on any atom is 0.169 e. The second-order valence-electron chi connectivity index (χ2n) is 5.23. The van der Waals surface area contributed by atoms with E-state index in [4.69, 9.17) is 0 Å². The van der Waals surface area contributed by atoms with Gasteiger partial charge in [-0.05, 0) is 29.5 Å². The van der Waals surface area contributed by atoms with E-state index >= 15 is 0 Å². The van der Waals surface area contributed by atoms with Crippen molar-refractivity contribution in [3.63, 3.8) is 0 Å². The third-order valence-corrected chi connectivity index (χ3v) is 4.75. The Balaban J connectivity index is 1.68. The summed E-state index contributed by atoms with van der Waals surface area (Å²) < 4.78 is 3.49. The highest BCUT2D eigenvalue weighted by atomic mass is 32.2. The maximum absolute atomic E-state index is 4.39. The highest BCUT2D eigenvalue weighted by Crippen LogP contribution is 2.35. The summed E-state index contributed by atoms with van der Waals surface area (Å²) in [5.41, 5.74) is 1.74. The summed E-state index contributed by atoms with van der Waals surface area (Å²) in [5.74, 6) is 0.766. The number of fused-ring (bicyclic) bond motifs is 1. The number of hydrogen-bond donors (Lipinski definition) is 0. The van der Waals surface area contributed by atoms with Gasteiger partial charge in [0.25, 0.3) is 0 Å². The zero-order chi connectivity index (χ0) is 16.5. The molecule has 3 heterocycles. The van der Waals surface area contributed by atoms with Crippen LogP contribution >= 0.6 is 11.8 Å². The Morgan fingerprint density at radius 3 is 2.79 bits per heavy atom. The first-order valence-corrected chi connectivity index (χ1v) is 8.25. The minimum absolute atomic E-state index is 0.0125. The fourth-order valence-corrected chi connectivity index (χ4v) is 3.42. The van der Waals surface area contributed by atoms with Crippen LogP contribution in [0.1, 0.15) is 18.0 Å². The lowest BCUT2D eigenvalue weighted by atomic mass is 10.3. The molecule has 9 heteroatoms. The number of thioether (sulfide) groups is 1. The zero-order valence-electron chi connectivity index (χ0n) is 13.1. The highest BCUT2D eigenvalue weighted by molar-refractivity contribution is 7.99. The molecule has 4 aromatic rings. The van der Waals surface area contributed by atoms with Crippen LogP contribution < -0.4 is 0 Å². The number of tetrazole rings is 1. The highest BCUT2D eigenvalue weighted by Gasteiger charge is 2.19. The van der Waals surface area contributed by atoms with Gasteiger partial charge in [0.1, 0.15) is 11.4 Å². The lowest BCUT2D eigenvalue weighted by Crippen LogP contribution is -2.05. The van der Waals surface area contributed by atoms with Gasteiger partial charge in [-0.3, -0.25) is 4.68 Å². The molecule has 0 saturated carbocycles. The lowest BCUT2D eigenvalue weighted by Gasteiger charge is -2.11. The Kier molecular flexibility index (Phi) is 3.69. The third kappa shape index (κ3) is 2.52. The molecule has 4 rings (SSSR count). The average Bonchev–Trinajstić information content (AvgIpc) is 3.24. The number of aromatic nitrogens is 8. The second kappa shape index (κ2) is 6.00. The van der Waals surface area contributed by atoms with Crippen LogP contribution in [0.3, 0.4) is 0 Å². The molecule has 0 bridgehead atoms. The van der Waals surface area contributed by atoms with Gasteiger partial charge in [-0.2, -0.15) is 9.78 Å². The molecule has 1 aromatic carbocycles. The number of benzene rings is 1. The predicted molar refractivity (Wildman–Crippen MR) is 89.7 cm³/mol. The summed E-state index contributed by atoms with van der Waals surface area (Å²) in [6.07, 6.45) is 3.34. The molecule has 0 N–H and O–H groups in total. The Bertz CT molecular complexity index is 977. The van der Waals surface area contributed by atoms with Crippen molar-refractivity contribution < 1.29 is 0 Å². The first-order chi connectivity index (χ1) is 11.7. The molecule has 1 atom stereocenters. The van der Waals surface area contributed by atoms with Crippen molar-refractivity contribution in [2.45, 2.75) is 17.2 Å². The van der Waals surface area contributed by atoms with Crippen molar-refractivity contribution >= 4 is 22.8 Å². The number of rotatable bonds is 4. The number of aryl methyl sites for hydroxylation is 1. The van der Waals surface area contributed by atoms with Crippen molar-refractivity contribution in [1.82, 2.24) is 40.0 Å². The summed E-state index contributed by atoms with van der Waals surface area (Å²) in [5, 5.41) is 18.2.